The van der Waals surface area contributed by atoms with Crippen molar-refractivity contribution in [2.45, 2.75) is 0 Å². The zero-order valence-corrected chi connectivity index (χ0v) is 31.8. The molecule has 12 aromatic rings. The second kappa shape index (κ2) is 13.6. The van der Waals surface area contributed by atoms with Crippen molar-refractivity contribution < 1.29 is 8.83 Å². The van der Waals surface area contributed by atoms with E-state index in [-0.39, 0.29) is 0 Å². The van der Waals surface area contributed by atoms with Crippen LogP contribution in [0.15, 0.2) is 191 Å². The maximum absolute atomic E-state index is 6.51. The van der Waals surface area contributed by atoms with Gasteiger partial charge in [0, 0.05) is 34.5 Å². The van der Waals surface area contributed by atoms with Crippen molar-refractivity contribution in [1.29, 1.82) is 0 Å². The molecule has 280 valence electrons. The monoisotopic (exact) mass is 770 g/mol. The first-order chi connectivity index (χ1) is 29.7. The first-order valence-corrected chi connectivity index (χ1v) is 19.7. The molecule has 0 bridgehead atoms. The molecule has 0 atom stereocenters. The number of hydrogen-bond donors (Lipinski definition) is 0. The Morgan fingerprint density at radius 3 is 1.67 bits per heavy atom. The summed E-state index contributed by atoms with van der Waals surface area (Å²) in [6.07, 6.45) is 3.52. The van der Waals surface area contributed by atoms with Gasteiger partial charge in [0.2, 0.25) is 5.89 Å². The molecule has 0 spiro atoms. The van der Waals surface area contributed by atoms with E-state index >= 15 is 0 Å². The summed E-state index contributed by atoms with van der Waals surface area (Å²) in [5, 5.41) is 4.16. The van der Waals surface area contributed by atoms with Gasteiger partial charge < -0.3 is 8.83 Å². The highest BCUT2D eigenvalue weighted by Crippen LogP contribution is 2.44. The highest BCUT2D eigenvalue weighted by molar-refractivity contribution is 6.23. The van der Waals surface area contributed by atoms with E-state index in [2.05, 4.69) is 82.8 Å². The number of rotatable bonds is 6. The van der Waals surface area contributed by atoms with Crippen LogP contribution in [0.25, 0.3) is 123 Å². The molecule has 12 rings (SSSR count). The molecule has 5 heterocycles. The Balaban J connectivity index is 0.970. The van der Waals surface area contributed by atoms with Crippen LogP contribution in [0, 0.1) is 0 Å². The number of benzene rings is 7. The molecular formula is C52H30N6O2. The van der Waals surface area contributed by atoms with E-state index in [1.807, 2.05) is 97.1 Å². The number of oxazole rings is 1. The third-order valence-corrected chi connectivity index (χ3v) is 11.1. The minimum Gasteiger partial charge on any atom is -0.456 e. The van der Waals surface area contributed by atoms with Crippen LogP contribution in [-0.2, 0) is 0 Å². The van der Waals surface area contributed by atoms with Crippen LogP contribution in [0.1, 0.15) is 0 Å². The van der Waals surface area contributed by atoms with Crippen molar-refractivity contribution in [1.82, 2.24) is 29.9 Å². The van der Waals surface area contributed by atoms with Gasteiger partial charge in [0.25, 0.3) is 0 Å². The third kappa shape index (κ3) is 5.54. The molecule has 0 aliphatic carbocycles. The van der Waals surface area contributed by atoms with Gasteiger partial charge in [-0.15, -0.1) is 0 Å². The fourth-order valence-corrected chi connectivity index (χ4v) is 8.31. The van der Waals surface area contributed by atoms with Crippen LogP contribution in [-0.4, -0.2) is 29.9 Å². The molecule has 0 radical (unpaired) electrons. The Hall–Kier alpha value is -8.36. The highest BCUT2D eigenvalue weighted by atomic mass is 16.4. The summed E-state index contributed by atoms with van der Waals surface area (Å²) in [4.78, 5) is 28.9. The van der Waals surface area contributed by atoms with Crippen molar-refractivity contribution >= 4 is 54.8 Å². The normalized spacial score (nSPS) is 11.7. The fourth-order valence-electron chi connectivity index (χ4n) is 8.31. The van der Waals surface area contributed by atoms with E-state index in [0.29, 0.717) is 28.9 Å². The molecule has 8 heteroatoms. The molecule has 0 saturated carbocycles. The Kier molecular flexibility index (Phi) is 7.67. The van der Waals surface area contributed by atoms with E-state index in [4.69, 9.17) is 28.8 Å². The maximum Gasteiger partial charge on any atom is 0.229 e. The topological polar surface area (TPSA) is 104 Å². The van der Waals surface area contributed by atoms with Gasteiger partial charge >= 0.3 is 0 Å². The molecule has 0 fully saturated rings. The highest BCUT2D eigenvalue weighted by Gasteiger charge is 2.22. The molecule has 0 N–H and O–H groups in total. The molecule has 7 aromatic carbocycles. The smallest absolute Gasteiger partial charge is 0.229 e. The predicted molar refractivity (Wildman–Crippen MR) is 238 cm³/mol. The zero-order chi connectivity index (χ0) is 39.6. The van der Waals surface area contributed by atoms with Gasteiger partial charge in [0.05, 0.1) is 16.5 Å². The largest absolute Gasteiger partial charge is 0.456 e. The number of fused-ring (bicyclic) bond motifs is 7. The molecule has 0 aliphatic heterocycles. The van der Waals surface area contributed by atoms with Gasteiger partial charge in [-0.3, -0.25) is 9.97 Å². The average molecular weight is 771 g/mol. The van der Waals surface area contributed by atoms with Crippen molar-refractivity contribution in [3.63, 3.8) is 0 Å². The second-order valence-corrected chi connectivity index (χ2v) is 14.6. The molecule has 5 aromatic heterocycles. The van der Waals surface area contributed by atoms with Gasteiger partial charge in [0.1, 0.15) is 22.2 Å². The third-order valence-electron chi connectivity index (χ3n) is 11.1. The minimum absolute atomic E-state index is 0.486. The first-order valence-electron chi connectivity index (χ1n) is 19.7. The van der Waals surface area contributed by atoms with Gasteiger partial charge in [-0.2, -0.15) is 0 Å². The summed E-state index contributed by atoms with van der Waals surface area (Å²) in [6, 6.07) is 57.4. The van der Waals surface area contributed by atoms with E-state index < -0.39 is 0 Å². The Bertz CT molecular complexity index is 3540. The quantitative estimate of drug-likeness (QED) is 0.165. The van der Waals surface area contributed by atoms with Crippen LogP contribution in [0.4, 0.5) is 0 Å². The Labute approximate surface area is 342 Å². The summed E-state index contributed by atoms with van der Waals surface area (Å²) in [5.74, 6) is 2.37. The minimum atomic E-state index is 0.486. The lowest BCUT2D eigenvalue weighted by molar-refractivity contribution is 0.620. The van der Waals surface area contributed by atoms with E-state index in [1.54, 1.807) is 12.4 Å². The molecule has 0 unspecified atom stereocenters. The number of aromatic nitrogens is 6. The summed E-state index contributed by atoms with van der Waals surface area (Å²) in [5.41, 5.74) is 12.4. The first kappa shape index (κ1) is 33.7. The number of hydrogen-bond acceptors (Lipinski definition) is 8. The molecule has 0 amide bonds. The van der Waals surface area contributed by atoms with Crippen LogP contribution >= 0.6 is 0 Å². The lowest BCUT2D eigenvalue weighted by atomic mass is 9.90. The van der Waals surface area contributed by atoms with Crippen molar-refractivity contribution in [2.24, 2.45) is 0 Å². The number of pyridine rings is 2. The average Bonchev–Trinajstić information content (AvgIpc) is 3.94. The standard InChI is InChI=1S/C52H30N6O2/c1-3-11-32(12-4-1)49-56-50(33-13-5-2-6-14-33)58-51(57-49)34-22-20-31(21-23-34)35-24-25-38(37-16-8-7-15-36(35)37)39-17-9-19-42-45(39)46-43(59-42)26-27-44-48(46)55-52(60-44)40-28-30-53-41-18-10-29-54-47(40)41/h1-30H. The summed E-state index contributed by atoms with van der Waals surface area (Å²) in [6.45, 7) is 0. The fraction of sp³-hybridized carbons (Fsp3) is 0. The number of nitrogens with zero attached hydrogens (tertiary/aromatic N) is 6. The molecule has 8 nitrogen and oxygen atoms in total. The van der Waals surface area contributed by atoms with E-state index in [0.717, 1.165) is 93.8 Å². The van der Waals surface area contributed by atoms with Gasteiger partial charge in [0.15, 0.2) is 23.1 Å². The number of furan rings is 1. The lowest BCUT2D eigenvalue weighted by Crippen LogP contribution is -2.00. The molecule has 0 saturated heterocycles. The summed E-state index contributed by atoms with van der Waals surface area (Å²) < 4.78 is 12.9. The van der Waals surface area contributed by atoms with Crippen molar-refractivity contribution in [2.75, 3.05) is 0 Å². The van der Waals surface area contributed by atoms with Gasteiger partial charge in [-0.1, -0.05) is 133 Å². The maximum atomic E-state index is 6.51. The van der Waals surface area contributed by atoms with E-state index in [9.17, 15) is 0 Å². The van der Waals surface area contributed by atoms with Crippen LogP contribution < -0.4 is 0 Å². The van der Waals surface area contributed by atoms with Gasteiger partial charge in [-0.05, 0) is 69.4 Å². The van der Waals surface area contributed by atoms with Crippen LogP contribution in [0.5, 0.6) is 0 Å². The van der Waals surface area contributed by atoms with Crippen molar-refractivity contribution in [3.05, 3.63) is 182 Å². The summed E-state index contributed by atoms with van der Waals surface area (Å²) >= 11 is 0. The zero-order valence-electron chi connectivity index (χ0n) is 31.8. The lowest BCUT2D eigenvalue weighted by Gasteiger charge is -2.13. The van der Waals surface area contributed by atoms with Crippen LogP contribution in [0.3, 0.4) is 0 Å². The van der Waals surface area contributed by atoms with Crippen LogP contribution in [0.2, 0.25) is 0 Å². The van der Waals surface area contributed by atoms with E-state index in [1.165, 1.54) is 0 Å². The molecule has 0 aliphatic rings. The van der Waals surface area contributed by atoms with Crippen molar-refractivity contribution in [3.8, 4) is 67.9 Å². The Morgan fingerprint density at radius 1 is 0.317 bits per heavy atom. The second-order valence-electron chi connectivity index (χ2n) is 14.6. The SMILES string of the molecule is c1ccc(-c2nc(-c3ccccc3)nc(-c3ccc(-c4ccc(-c5cccc6oc7ccc8oc(-c9ccnc%10cccnc9%10)nc8c7c56)c5ccccc45)cc3)n2)cc1. The predicted octanol–water partition coefficient (Wildman–Crippen LogP) is 13.0. The molecule has 60 heavy (non-hydrogen) atoms. The summed E-state index contributed by atoms with van der Waals surface area (Å²) in [7, 11) is 0. The van der Waals surface area contributed by atoms with Gasteiger partial charge in [-0.25, -0.2) is 19.9 Å². The molecular weight excluding hydrogens is 741 g/mol. The Morgan fingerprint density at radius 2 is 0.933 bits per heavy atom.